The minimum Gasteiger partial charge on any atom is -0.296 e. The van der Waals surface area contributed by atoms with E-state index in [1.54, 1.807) is 10.6 Å². The molecule has 3 rings (SSSR count). The lowest BCUT2D eigenvalue weighted by molar-refractivity contribution is 0.111. The predicted octanol–water partition coefficient (Wildman–Crippen LogP) is 1.72. The van der Waals surface area contributed by atoms with E-state index in [1.807, 2.05) is 25.1 Å². The van der Waals surface area contributed by atoms with E-state index in [9.17, 15) is 4.79 Å². The smallest absolute Gasteiger partial charge is 0.214 e. The SMILES string of the molecule is Cc1nc(Sc2nc3ccccn3c2C=O)n[nH]1. The van der Waals surface area contributed by atoms with Crippen LogP contribution in [0.5, 0.6) is 0 Å². The van der Waals surface area contributed by atoms with Crippen molar-refractivity contribution in [3.05, 3.63) is 35.9 Å². The highest BCUT2D eigenvalue weighted by Crippen LogP contribution is 2.27. The summed E-state index contributed by atoms with van der Waals surface area (Å²) < 4.78 is 1.74. The van der Waals surface area contributed by atoms with Crippen LogP contribution in [-0.4, -0.2) is 30.9 Å². The summed E-state index contributed by atoms with van der Waals surface area (Å²) >= 11 is 1.27. The van der Waals surface area contributed by atoms with Crippen LogP contribution in [0.3, 0.4) is 0 Å². The van der Waals surface area contributed by atoms with Crippen LogP contribution in [-0.2, 0) is 0 Å². The Morgan fingerprint density at radius 1 is 1.39 bits per heavy atom. The Morgan fingerprint density at radius 2 is 2.28 bits per heavy atom. The standard InChI is InChI=1S/C11H9N5OS/c1-7-12-11(15-14-7)18-10-8(6-17)16-5-3-2-4-9(16)13-10/h2-6H,1H3,(H,12,14,15). The number of aromatic amines is 1. The predicted molar refractivity (Wildman–Crippen MR) is 65.8 cm³/mol. The second-order valence-corrected chi connectivity index (χ2v) is 4.61. The van der Waals surface area contributed by atoms with Crippen molar-refractivity contribution in [2.24, 2.45) is 0 Å². The molecule has 0 bridgehead atoms. The lowest BCUT2D eigenvalue weighted by Gasteiger charge is -1.94. The van der Waals surface area contributed by atoms with Gasteiger partial charge in [0.2, 0.25) is 5.16 Å². The summed E-state index contributed by atoms with van der Waals surface area (Å²) in [4.78, 5) is 19.7. The summed E-state index contributed by atoms with van der Waals surface area (Å²) in [6.45, 7) is 1.82. The number of hydrogen-bond donors (Lipinski definition) is 1. The number of carbonyl (C=O) groups is 1. The second kappa shape index (κ2) is 4.26. The molecule has 3 aromatic rings. The topological polar surface area (TPSA) is 75.9 Å². The van der Waals surface area contributed by atoms with Gasteiger partial charge < -0.3 is 0 Å². The third kappa shape index (κ3) is 1.78. The van der Waals surface area contributed by atoms with Crippen LogP contribution in [0.4, 0.5) is 0 Å². The van der Waals surface area contributed by atoms with Crippen LogP contribution in [0.1, 0.15) is 16.3 Å². The van der Waals surface area contributed by atoms with E-state index in [0.29, 0.717) is 15.9 Å². The van der Waals surface area contributed by atoms with Gasteiger partial charge in [-0.2, -0.15) is 0 Å². The molecule has 0 aromatic carbocycles. The number of fused-ring (bicyclic) bond motifs is 1. The monoisotopic (exact) mass is 259 g/mol. The first kappa shape index (κ1) is 11.0. The highest BCUT2D eigenvalue weighted by Gasteiger charge is 2.14. The van der Waals surface area contributed by atoms with Crippen molar-refractivity contribution in [1.29, 1.82) is 0 Å². The van der Waals surface area contributed by atoms with Crippen LogP contribution < -0.4 is 0 Å². The van der Waals surface area contributed by atoms with Crippen LogP contribution in [0.25, 0.3) is 5.65 Å². The molecule has 0 saturated heterocycles. The number of pyridine rings is 1. The summed E-state index contributed by atoms with van der Waals surface area (Å²) in [5.41, 5.74) is 1.24. The molecule has 90 valence electrons. The molecule has 1 N–H and O–H groups in total. The lowest BCUT2D eigenvalue weighted by atomic mass is 10.4. The zero-order valence-corrected chi connectivity index (χ0v) is 10.3. The van der Waals surface area contributed by atoms with Gasteiger partial charge in [-0.25, -0.2) is 9.97 Å². The minimum atomic E-state index is 0.512. The average Bonchev–Trinajstić information content (AvgIpc) is 2.92. The summed E-state index contributed by atoms with van der Waals surface area (Å²) in [7, 11) is 0. The van der Waals surface area contributed by atoms with Gasteiger partial charge in [-0.3, -0.25) is 14.3 Å². The van der Waals surface area contributed by atoms with Gasteiger partial charge in [0.1, 0.15) is 22.2 Å². The average molecular weight is 259 g/mol. The Morgan fingerprint density at radius 3 is 3.00 bits per heavy atom. The Hall–Kier alpha value is -2.15. The molecular formula is C11H9N5OS. The molecule has 0 unspecified atom stereocenters. The lowest BCUT2D eigenvalue weighted by Crippen LogP contribution is -1.90. The van der Waals surface area contributed by atoms with Crippen LogP contribution >= 0.6 is 11.8 Å². The molecule has 0 aliphatic heterocycles. The third-order valence-electron chi connectivity index (χ3n) is 2.41. The Bertz CT molecular complexity index is 717. The zero-order valence-electron chi connectivity index (χ0n) is 9.49. The molecule has 0 atom stereocenters. The van der Waals surface area contributed by atoms with Crippen LogP contribution in [0.15, 0.2) is 34.6 Å². The molecule has 0 saturated carbocycles. The number of nitrogens with zero attached hydrogens (tertiary/aromatic N) is 4. The van der Waals surface area contributed by atoms with Crippen molar-refractivity contribution in [3.63, 3.8) is 0 Å². The van der Waals surface area contributed by atoms with Crippen molar-refractivity contribution in [2.45, 2.75) is 17.1 Å². The van der Waals surface area contributed by atoms with Gasteiger partial charge in [-0.15, -0.1) is 5.10 Å². The maximum absolute atomic E-state index is 11.2. The number of nitrogens with one attached hydrogen (secondary N) is 1. The number of aromatic nitrogens is 5. The number of rotatable bonds is 3. The highest BCUT2D eigenvalue weighted by atomic mass is 32.2. The number of carbonyl (C=O) groups excluding carboxylic acids is 1. The van der Waals surface area contributed by atoms with E-state index >= 15 is 0 Å². The van der Waals surface area contributed by atoms with Crippen LogP contribution in [0.2, 0.25) is 0 Å². The minimum absolute atomic E-state index is 0.512. The molecule has 0 fully saturated rings. The van der Waals surface area contributed by atoms with E-state index in [2.05, 4.69) is 20.2 Å². The van der Waals surface area contributed by atoms with Crippen molar-refractivity contribution in [1.82, 2.24) is 24.6 Å². The quantitative estimate of drug-likeness (QED) is 0.725. The molecule has 3 aromatic heterocycles. The Balaban J connectivity index is 2.08. The molecule has 0 amide bonds. The first-order valence-electron chi connectivity index (χ1n) is 5.27. The fourth-order valence-corrected chi connectivity index (χ4v) is 2.47. The van der Waals surface area contributed by atoms with E-state index in [1.165, 1.54) is 11.8 Å². The first-order valence-corrected chi connectivity index (χ1v) is 6.08. The van der Waals surface area contributed by atoms with Crippen molar-refractivity contribution in [3.8, 4) is 0 Å². The highest BCUT2D eigenvalue weighted by molar-refractivity contribution is 7.99. The zero-order chi connectivity index (χ0) is 12.5. The summed E-state index contributed by atoms with van der Waals surface area (Å²) in [5, 5.41) is 7.93. The number of imidazole rings is 1. The van der Waals surface area contributed by atoms with Crippen molar-refractivity contribution < 1.29 is 4.79 Å². The third-order valence-corrected chi connectivity index (χ3v) is 3.27. The van der Waals surface area contributed by atoms with Gasteiger partial charge in [-0.05, 0) is 30.8 Å². The summed E-state index contributed by atoms with van der Waals surface area (Å²) in [5.74, 6) is 0.730. The molecule has 0 aliphatic carbocycles. The Labute approximate surface area is 106 Å². The molecule has 3 heterocycles. The Kier molecular flexibility index (Phi) is 2.60. The van der Waals surface area contributed by atoms with Gasteiger partial charge in [-0.1, -0.05) is 6.07 Å². The largest absolute Gasteiger partial charge is 0.296 e. The molecule has 7 heteroatoms. The molecule has 6 nitrogen and oxygen atoms in total. The second-order valence-electron chi connectivity index (χ2n) is 3.65. The fraction of sp³-hybridized carbons (Fsp3) is 0.0909. The number of aryl methyl sites for hydroxylation is 1. The van der Waals surface area contributed by atoms with Gasteiger partial charge in [0.15, 0.2) is 6.29 Å². The molecule has 18 heavy (non-hydrogen) atoms. The molecule has 0 radical (unpaired) electrons. The number of aldehydes is 1. The van der Waals surface area contributed by atoms with Gasteiger partial charge in [0, 0.05) is 6.20 Å². The number of H-pyrrole nitrogens is 1. The normalized spacial score (nSPS) is 10.9. The van der Waals surface area contributed by atoms with Gasteiger partial charge in [0.05, 0.1) is 0 Å². The summed E-state index contributed by atoms with van der Waals surface area (Å²) in [6.07, 6.45) is 2.60. The van der Waals surface area contributed by atoms with E-state index in [4.69, 9.17) is 0 Å². The maximum Gasteiger partial charge on any atom is 0.214 e. The summed E-state index contributed by atoms with van der Waals surface area (Å²) in [6, 6.07) is 5.58. The van der Waals surface area contributed by atoms with E-state index in [0.717, 1.165) is 17.8 Å². The first-order chi connectivity index (χ1) is 8.78. The molecular weight excluding hydrogens is 250 g/mol. The maximum atomic E-state index is 11.2. The van der Waals surface area contributed by atoms with Crippen molar-refractivity contribution in [2.75, 3.05) is 0 Å². The molecule has 0 spiro atoms. The molecule has 0 aliphatic rings. The van der Waals surface area contributed by atoms with Gasteiger partial charge >= 0.3 is 0 Å². The van der Waals surface area contributed by atoms with Crippen LogP contribution in [0, 0.1) is 6.92 Å². The fourth-order valence-electron chi connectivity index (χ4n) is 1.63. The number of hydrogen-bond acceptors (Lipinski definition) is 5. The van der Waals surface area contributed by atoms with Gasteiger partial charge in [0.25, 0.3) is 0 Å². The van der Waals surface area contributed by atoms with E-state index < -0.39 is 0 Å². The van der Waals surface area contributed by atoms with E-state index in [-0.39, 0.29) is 0 Å². The van der Waals surface area contributed by atoms with Crippen molar-refractivity contribution >= 4 is 23.7 Å².